The molecule has 7 nitrogen and oxygen atoms in total. The summed E-state index contributed by atoms with van der Waals surface area (Å²) < 4.78 is 40.2. The quantitative estimate of drug-likeness (QED) is 0.515. The maximum absolute atomic E-state index is 13.7. The molecular formula is C27H36FN3O4S. The molecular weight excluding hydrogens is 481 g/mol. The summed E-state index contributed by atoms with van der Waals surface area (Å²) in [6.45, 7) is 5.07. The van der Waals surface area contributed by atoms with Crippen LogP contribution >= 0.6 is 0 Å². The van der Waals surface area contributed by atoms with Gasteiger partial charge in [-0.25, -0.2) is 12.8 Å². The van der Waals surface area contributed by atoms with Crippen LogP contribution in [0.3, 0.4) is 0 Å². The van der Waals surface area contributed by atoms with Crippen LogP contribution in [0.25, 0.3) is 0 Å². The highest BCUT2D eigenvalue weighted by Gasteiger charge is 2.33. The fourth-order valence-electron chi connectivity index (χ4n) is 4.66. The molecule has 1 aliphatic carbocycles. The van der Waals surface area contributed by atoms with Crippen molar-refractivity contribution in [1.82, 2.24) is 10.2 Å². The van der Waals surface area contributed by atoms with Crippen molar-refractivity contribution in [1.29, 1.82) is 0 Å². The number of aryl methyl sites for hydroxylation is 2. The summed E-state index contributed by atoms with van der Waals surface area (Å²) in [5.74, 6) is -1.16. The van der Waals surface area contributed by atoms with Gasteiger partial charge in [-0.2, -0.15) is 0 Å². The predicted octanol–water partition coefficient (Wildman–Crippen LogP) is 4.07. The molecule has 2 amide bonds. The first kappa shape index (κ1) is 27.6. The number of rotatable bonds is 10. The number of nitrogens with zero attached hydrogens (tertiary/aromatic N) is 2. The number of carbonyl (C=O) groups excluding carboxylic acids is 2. The van der Waals surface area contributed by atoms with Gasteiger partial charge >= 0.3 is 0 Å². The molecule has 1 aliphatic rings. The van der Waals surface area contributed by atoms with E-state index in [1.54, 1.807) is 25.1 Å². The first-order valence-electron chi connectivity index (χ1n) is 12.4. The summed E-state index contributed by atoms with van der Waals surface area (Å²) in [5, 5.41) is 3.07. The smallest absolute Gasteiger partial charge is 0.244 e. The van der Waals surface area contributed by atoms with Crippen LogP contribution in [-0.4, -0.2) is 50.0 Å². The zero-order valence-electron chi connectivity index (χ0n) is 21.5. The van der Waals surface area contributed by atoms with Crippen LogP contribution in [0.2, 0.25) is 0 Å². The van der Waals surface area contributed by atoms with Gasteiger partial charge in [-0.1, -0.05) is 44.0 Å². The standard InChI is InChI=1S/C27H36FN3O4S/c1-5-24(27(33)29-23-8-6-7-9-23)30(17-21-12-14-22(28)15-13-21)26(32)18-31(36(4,34)35)25-16-19(2)10-11-20(25)3/h10-16,23-24H,5-9,17-18H2,1-4H3,(H,29,33)/t24-/m1/s1. The second kappa shape index (κ2) is 11.9. The number of carbonyl (C=O) groups is 2. The van der Waals surface area contributed by atoms with Crippen LogP contribution in [0.1, 0.15) is 55.7 Å². The fraction of sp³-hybridized carbons (Fsp3) is 0.481. The molecule has 1 saturated carbocycles. The minimum Gasteiger partial charge on any atom is -0.352 e. The van der Waals surface area contributed by atoms with E-state index in [1.165, 1.54) is 17.0 Å². The summed E-state index contributed by atoms with van der Waals surface area (Å²) in [4.78, 5) is 28.4. The summed E-state index contributed by atoms with van der Waals surface area (Å²) >= 11 is 0. The van der Waals surface area contributed by atoms with Crippen molar-refractivity contribution in [2.24, 2.45) is 0 Å². The Hall–Kier alpha value is -2.94. The number of nitrogens with one attached hydrogen (secondary N) is 1. The van der Waals surface area contributed by atoms with Gasteiger partial charge in [-0.3, -0.25) is 13.9 Å². The Morgan fingerprint density at radius 1 is 1.08 bits per heavy atom. The van der Waals surface area contributed by atoms with Gasteiger partial charge in [0, 0.05) is 12.6 Å². The molecule has 1 N–H and O–H groups in total. The molecule has 1 atom stereocenters. The number of hydrogen-bond donors (Lipinski definition) is 1. The van der Waals surface area contributed by atoms with Crippen molar-refractivity contribution in [3.63, 3.8) is 0 Å². The number of amides is 2. The predicted molar refractivity (Wildman–Crippen MR) is 140 cm³/mol. The third-order valence-corrected chi connectivity index (χ3v) is 7.79. The SMILES string of the molecule is CC[C@H](C(=O)NC1CCCC1)N(Cc1ccc(F)cc1)C(=O)CN(c1cc(C)ccc1C)S(C)(=O)=O. The summed E-state index contributed by atoms with van der Waals surface area (Å²) in [6, 6.07) is 10.5. The summed E-state index contributed by atoms with van der Waals surface area (Å²) in [5.41, 5.74) is 2.66. The normalized spacial score (nSPS) is 14.9. The Bertz CT molecular complexity index is 1180. The first-order chi connectivity index (χ1) is 17.0. The van der Waals surface area contributed by atoms with E-state index < -0.39 is 34.3 Å². The molecule has 0 bridgehead atoms. The Morgan fingerprint density at radius 3 is 2.31 bits per heavy atom. The molecule has 0 spiro atoms. The van der Waals surface area contributed by atoms with E-state index in [-0.39, 0.29) is 18.5 Å². The molecule has 1 fully saturated rings. The van der Waals surface area contributed by atoms with E-state index in [4.69, 9.17) is 0 Å². The zero-order valence-corrected chi connectivity index (χ0v) is 22.3. The van der Waals surface area contributed by atoms with Crippen molar-refractivity contribution in [3.05, 3.63) is 65.0 Å². The topological polar surface area (TPSA) is 86.8 Å². The molecule has 196 valence electrons. The van der Waals surface area contributed by atoms with Crippen LogP contribution in [0.4, 0.5) is 10.1 Å². The Kier molecular flexibility index (Phi) is 9.11. The second-order valence-electron chi connectivity index (χ2n) is 9.62. The average molecular weight is 518 g/mol. The number of benzene rings is 2. The van der Waals surface area contributed by atoms with Gasteiger partial charge in [0.15, 0.2) is 0 Å². The highest BCUT2D eigenvalue weighted by atomic mass is 32.2. The van der Waals surface area contributed by atoms with E-state index >= 15 is 0 Å². The third kappa shape index (κ3) is 7.06. The summed E-state index contributed by atoms with van der Waals surface area (Å²) in [7, 11) is -3.80. The van der Waals surface area contributed by atoms with E-state index in [0.29, 0.717) is 17.7 Å². The number of halogens is 1. The minimum atomic E-state index is -3.80. The first-order valence-corrected chi connectivity index (χ1v) is 14.2. The molecule has 36 heavy (non-hydrogen) atoms. The van der Waals surface area contributed by atoms with E-state index in [9.17, 15) is 22.4 Å². The van der Waals surface area contributed by atoms with Crippen molar-refractivity contribution in [2.45, 2.75) is 71.5 Å². The van der Waals surface area contributed by atoms with Crippen LogP contribution in [0, 0.1) is 19.7 Å². The third-order valence-electron chi connectivity index (χ3n) is 6.67. The maximum Gasteiger partial charge on any atom is 0.244 e. The van der Waals surface area contributed by atoms with Crippen molar-refractivity contribution in [2.75, 3.05) is 17.1 Å². The van der Waals surface area contributed by atoms with E-state index in [0.717, 1.165) is 47.4 Å². The van der Waals surface area contributed by atoms with Gasteiger partial charge in [-0.15, -0.1) is 0 Å². The number of hydrogen-bond acceptors (Lipinski definition) is 4. The van der Waals surface area contributed by atoms with Crippen molar-refractivity contribution < 1.29 is 22.4 Å². The minimum absolute atomic E-state index is 0.0557. The highest BCUT2D eigenvalue weighted by molar-refractivity contribution is 7.92. The Balaban J connectivity index is 1.94. The largest absolute Gasteiger partial charge is 0.352 e. The molecule has 9 heteroatoms. The lowest BCUT2D eigenvalue weighted by atomic mass is 10.1. The lowest BCUT2D eigenvalue weighted by Gasteiger charge is -2.33. The Morgan fingerprint density at radius 2 is 1.72 bits per heavy atom. The monoisotopic (exact) mass is 517 g/mol. The molecule has 3 rings (SSSR count). The van der Waals surface area contributed by atoms with Gasteiger partial charge in [0.2, 0.25) is 21.8 Å². The zero-order chi connectivity index (χ0) is 26.5. The molecule has 2 aromatic carbocycles. The summed E-state index contributed by atoms with van der Waals surface area (Å²) in [6.07, 6.45) is 5.34. The molecule has 0 radical (unpaired) electrons. The number of sulfonamides is 1. The molecule has 0 aromatic heterocycles. The fourth-order valence-corrected chi connectivity index (χ4v) is 5.56. The Labute approximate surface area is 213 Å². The van der Waals surface area contributed by atoms with Crippen LogP contribution < -0.4 is 9.62 Å². The van der Waals surface area contributed by atoms with Gasteiger partial charge in [0.1, 0.15) is 18.4 Å². The second-order valence-corrected chi connectivity index (χ2v) is 11.5. The number of anilines is 1. The van der Waals surface area contributed by atoms with Crippen molar-refractivity contribution >= 4 is 27.5 Å². The van der Waals surface area contributed by atoms with Crippen LogP contribution in [0.15, 0.2) is 42.5 Å². The van der Waals surface area contributed by atoms with Crippen LogP contribution in [0.5, 0.6) is 0 Å². The lowest BCUT2D eigenvalue weighted by Crippen LogP contribution is -2.53. The van der Waals surface area contributed by atoms with E-state index in [1.807, 2.05) is 26.0 Å². The molecule has 0 saturated heterocycles. The molecule has 0 heterocycles. The van der Waals surface area contributed by atoms with Gasteiger partial charge in [0.05, 0.1) is 11.9 Å². The maximum atomic E-state index is 13.7. The van der Waals surface area contributed by atoms with Gasteiger partial charge in [0.25, 0.3) is 0 Å². The highest BCUT2D eigenvalue weighted by Crippen LogP contribution is 2.25. The lowest BCUT2D eigenvalue weighted by molar-refractivity contribution is -0.140. The van der Waals surface area contributed by atoms with Crippen LogP contribution in [-0.2, 0) is 26.2 Å². The molecule has 0 aliphatic heterocycles. The molecule has 0 unspecified atom stereocenters. The van der Waals surface area contributed by atoms with E-state index in [2.05, 4.69) is 5.32 Å². The van der Waals surface area contributed by atoms with Gasteiger partial charge in [-0.05, 0) is 68.0 Å². The van der Waals surface area contributed by atoms with Crippen molar-refractivity contribution in [3.8, 4) is 0 Å². The average Bonchev–Trinajstić information content (AvgIpc) is 3.32. The molecule has 2 aromatic rings. The van der Waals surface area contributed by atoms with Gasteiger partial charge < -0.3 is 10.2 Å².